The quantitative estimate of drug-likeness (QED) is 0.693. The zero-order valence-corrected chi connectivity index (χ0v) is 8.25. The van der Waals surface area contributed by atoms with Crippen molar-refractivity contribution in [3.05, 3.63) is 0 Å². The molecule has 1 heterocycles. The normalized spacial score (nSPS) is 29.5. The Bertz CT molecular complexity index is 201. The average Bonchev–Trinajstić information content (AvgIpc) is 2.33. The van der Waals surface area contributed by atoms with Gasteiger partial charge in [0.25, 0.3) is 0 Å². The van der Waals surface area contributed by atoms with Crippen LogP contribution in [0.25, 0.3) is 0 Å². The van der Waals surface area contributed by atoms with Gasteiger partial charge in [0.2, 0.25) is 5.91 Å². The van der Waals surface area contributed by atoms with Crippen LogP contribution in [0.4, 0.5) is 0 Å². The Morgan fingerprint density at radius 1 is 1.46 bits per heavy atom. The van der Waals surface area contributed by atoms with Gasteiger partial charge in [0.15, 0.2) is 0 Å². The summed E-state index contributed by atoms with van der Waals surface area (Å²) in [5.41, 5.74) is 0. The predicted molar refractivity (Wildman–Crippen MR) is 51.4 cm³/mol. The van der Waals surface area contributed by atoms with Crippen molar-refractivity contribution in [3.63, 3.8) is 0 Å². The van der Waals surface area contributed by atoms with Crippen molar-refractivity contribution in [1.29, 1.82) is 0 Å². The summed E-state index contributed by atoms with van der Waals surface area (Å²) in [6, 6.07) is 0.116. The molecule has 2 aliphatic rings. The molecule has 13 heavy (non-hydrogen) atoms. The lowest BCUT2D eigenvalue weighted by atomic mass is 9.85. The third kappa shape index (κ3) is 1.85. The summed E-state index contributed by atoms with van der Waals surface area (Å²) in [4.78, 5) is 13.3. The fourth-order valence-corrected chi connectivity index (χ4v) is 2.02. The van der Waals surface area contributed by atoms with Crippen LogP contribution in [0.5, 0.6) is 0 Å². The monoisotopic (exact) mass is 182 g/mol. The van der Waals surface area contributed by atoms with Gasteiger partial charge in [0, 0.05) is 13.6 Å². The van der Waals surface area contributed by atoms with Crippen molar-refractivity contribution < 1.29 is 4.79 Å². The minimum Gasteiger partial charge on any atom is -0.344 e. The van der Waals surface area contributed by atoms with Crippen molar-refractivity contribution >= 4 is 5.91 Å². The highest BCUT2D eigenvalue weighted by Crippen LogP contribution is 2.25. The molecule has 1 amide bonds. The minimum absolute atomic E-state index is 0.116. The number of likely N-dealkylation sites (tertiary alicyclic amines) is 1. The number of hydrogen-bond acceptors (Lipinski definition) is 2. The Labute approximate surface area is 79.5 Å². The van der Waals surface area contributed by atoms with Crippen LogP contribution in [-0.2, 0) is 4.79 Å². The average molecular weight is 182 g/mol. The molecule has 0 aromatic carbocycles. The fraction of sp³-hybridized carbons (Fsp3) is 0.900. The molecule has 3 heteroatoms. The first kappa shape index (κ1) is 9.00. The third-order valence-corrected chi connectivity index (χ3v) is 3.31. The number of carbonyl (C=O) groups excluding carboxylic acids is 1. The fourth-order valence-electron chi connectivity index (χ4n) is 2.02. The summed E-state index contributed by atoms with van der Waals surface area (Å²) >= 11 is 0. The van der Waals surface area contributed by atoms with Gasteiger partial charge >= 0.3 is 0 Å². The molecule has 0 spiro atoms. The lowest BCUT2D eigenvalue weighted by Crippen LogP contribution is -2.40. The first-order valence-electron chi connectivity index (χ1n) is 5.26. The highest BCUT2D eigenvalue weighted by Gasteiger charge is 2.29. The third-order valence-electron chi connectivity index (χ3n) is 3.31. The van der Waals surface area contributed by atoms with E-state index in [2.05, 4.69) is 5.32 Å². The maximum absolute atomic E-state index is 11.5. The smallest absolute Gasteiger partial charge is 0.239 e. The lowest BCUT2D eigenvalue weighted by Gasteiger charge is -2.26. The zero-order valence-electron chi connectivity index (χ0n) is 8.25. The highest BCUT2D eigenvalue weighted by atomic mass is 16.2. The summed E-state index contributed by atoms with van der Waals surface area (Å²) in [7, 11) is 1.88. The Kier molecular flexibility index (Phi) is 2.54. The van der Waals surface area contributed by atoms with Gasteiger partial charge in [-0.05, 0) is 31.7 Å². The molecule has 3 nitrogen and oxygen atoms in total. The lowest BCUT2D eigenvalue weighted by molar-refractivity contribution is -0.128. The van der Waals surface area contributed by atoms with Gasteiger partial charge in [0.05, 0.1) is 6.04 Å². The van der Waals surface area contributed by atoms with Gasteiger partial charge in [-0.3, -0.25) is 4.79 Å². The molecule has 74 valence electrons. The number of carbonyl (C=O) groups is 1. The van der Waals surface area contributed by atoms with Gasteiger partial charge < -0.3 is 10.2 Å². The SMILES string of the molecule is CN1CCC(NCC2CCC2)C1=O. The Morgan fingerprint density at radius 2 is 2.23 bits per heavy atom. The molecule has 1 N–H and O–H groups in total. The van der Waals surface area contributed by atoms with Gasteiger partial charge in [-0.2, -0.15) is 0 Å². The molecule has 2 rings (SSSR count). The Balaban J connectivity index is 1.72. The molecule has 0 bridgehead atoms. The van der Waals surface area contributed by atoms with E-state index in [1.165, 1.54) is 19.3 Å². The number of likely N-dealkylation sites (N-methyl/N-ethyl adjacent to an activating group) is 1. The van der Waals surface area contributed by atoms with Crippen molar-refractivity contribution in [1.82, 2.24) is 10.2 Å². The summed E-state index contributed by atoms with van der Waals surface area (Å²) in [6.07, 6.45) is 5.07. The zero-order chi connectivity index (χ0) is 9.26. The molecule has 1 aliphatic carbocycles. The molecular weight excluding hydrogens is 164 g/mol. The van der Waals surface area contributed by atoms with E-state index in [1.807, 2.05) is 11.9 Å². The molecule has 1 saturated carbocycles. The van der Waals surface area contributed by atoms with Crippen LogP contribution < -0.4 is 5.32 Å². The standard InChI is InChI=1S/C10H18N2O/c1-12-6-5-9(10(12)13)11-7-8-3-2-4-8/h8-9,11H,2-7H2,1H3. The summed E-state index contributed by atoms with van der Waals surface area (Å²) in [5, 5.41) is 3.37. The molecule has 1 aliphatic heterocycles. The molecule has 1 unspecified atom stereocenters. The van der Waals surface area contributed by atoms with Gasteiger partial charge in [-0.15, -0.1) is 0 Å². The van der Waals surface area contributed by atoms with Crippen LogP contribution in [0.1, 0.15) is 25.7 Å². The number of hydrogen-bond donors (Lipinski definition) is 1. The van der Waals surface area contributed by atoms with Crippen LogP contribution in [0, 0.1) is 5.92 Å². The van der Waals surface area contributed by atoms with Crippen molar-refractivity contribution in [2.45, 2.75) is 31.7 Å². The van der Waals surface area contributed by atoms with E-state index >= 15 is 0 Å². The van der Waals surface area contributed by atoms with Gasteiger partial charge in [-0.1, -0.05) is 6.42 Å². The minimum atomic E-state index is 0.116. The molecular formula is C10H18N2O. The predicted octanol–water partition coefficient (Wildman–Crippen LogP) is 0.607. The van der Waals surface area contributed by atoms with E-state index in [4.69, 9.17) is 0 Å². The maximum Gasteiger partial charge on any atom is 0.239 e. The van der Waals surface area contributed by atoms with Gasteiger partial charge in [0.1, 0.15) is 0 Å². The van der Waals surface area contributed by atoms with E-state index < -0.39 is 0 Å². The number of amides is 1. The van der Waals surface area contributed by atoms with E-state index in [0.29, 0.717) is 0 Å². The van der Waals surface area contributed by atoms with Crippen LogP contribution in [-0.4, -0.2) is 37.0 Å². The second kappa shape index (κ2) is 3.66. The summed E-state index contributed by atoms with van der Waals surface area (Å²) in [5.74, 6) is 1.12. The summed E-state index contributed by atoms with van der Waals surface area (Å²) < 4.78 is 0. The molecule has 0 aromatic heterocycles. The van der Waals surface area contributed by atoms with Crippen LogP contribution in [0.2, 0.25) is 0 Å². The van der Waals surface area contributed by atoms with Crippen molar-refractivity contribution in [2.24, 2.45) is 5.92 Å². The molecule has 0 radical (unpaired) electrons. The summed E-state index contributed by atoms with van der Waals surface area (Å²) in [6.45, 7) is 1.96. The van der Waals surface area contributed by atoms with E-state index in [9.17, 15) is 4.79 Å². The Morgan fingerprint density at radius 3 is 2.69 bits per heavy atom. The molecule has 2 fully saturated rings. The number of nitrogens with zero attached hydrogens (tertiary/aromatic N) is 1. The number of nitrogens with one attached hydrogen (secondary N) is 1. The van der Waals surface area contributed by atoms with E-state index in [0.717, 1.165) is 25.4 Å². The molecule has 1 saturated heterocycles. The maximum atomic E-state index is 11.5. The van der Waals surface area contributed by atoms with Gasteiger partial charge in [-0.25, -0.2) is 0 Å². The highest BCUT2D eigenvalue weighted by molar-refractivity contribution is 5.83. The van der Waals surface area contributed by atoms with Crippen LogP contribution >= 0.6 is 0 Å². The first-order valence-corrected chi connectivity index (χ1v) is 5.26. The van der Waals surface area contributed by atoms with Crippen molar-refractivity contribution in [2.75, 3.05) is 20.1 Å². The topological polar surface area (TPSA) is 32.3 Å². The first-order chi connectivity index (χ1) is 6.27. The van der Waals surface area contributed by atoms with Crippen molar-refractivity contribution in [3.8, 4) is 0 Å². The van der Waals surface area contributed by atoms with Crippen LogP contribution in [0.3, 0.4) is 0 Å². The van der Waals surface area contributed by atoms with E-state index in [1.54, 1.807) is 0 Å². The second-order valence-corrected chi connectivity index (χ2v) is 4.31. The molecule has 0 aromatic rings. The largest absolute Gasteiger partial charge is 0.344 e. The Hall–Kier alpha value is -0.570. The van der Waals surface area contributed by atoms with E-state index in [-0.39, 0.29) is 11.9 Å². The molecule has 1 atom stereocenters. The van der Waals surface area contributed by atoms with Crippen LogP contribution in [0.15, 0.2) is 0 Å². The second-order valence-electron chi connectivity index (χ2n) is 4.31. The number of rotatable bonds is 3.